The van der Waals surface area contributed by atoms with Crippen molar-refractivity contribution in [3.8, 4) is 0 Å². The Labute approximate surface area is 148 Å². The van der Waals surface area contributed by atoms with Crippen LogP contribution in [-0.2, 0) is 19.2 Å². The third kappa shape index (κ3) is 11.1. The molecule has 2 amide bonds. The first-order valence-corrected chi connectivity index (χ1v) is 8.87. The van der Waals surface area contributed by atoms with Gasteiger partial charge in [-0.3, -0.25) is 19.2 Å². The maximum Gasteiger partial charge on any atom is 0.322 e. The molecular weight excluding hydrogens is 362 g/mol. The fourth-order valence-corrected chi connectivity index (χ4v) is 2.78. The molecule has 9 nitrogen and oxygen atoms in total. The van der Waals surface area contributed by atoms with E-state index in [-0.39, 0.29) is 18.6 Å². The molecule has 0 fully saturated rings. The molecule has 0 radical (unpaired) electrons. The SMILES string of the molecule is NC(CCC(=O)NC(CSCCCCl)C(=O)NCC(=O)O)C(=O)O. The number of hydrogen-bond acceptors (Lipinski definition) is 6. The minimum atomic E-state index is -1.21. The number of thioether (sulfide) groups is 1. The third-order valence-electron chi connectivity index (χ3n) is 2.77. The molecule has 138 valence electrons. The highest BCUT2D eigenvalue weighted by molar-refractivity contribution is 7.99. The van der Waals surface area contributed by atoms with Crippen molar-refractivity contribution in [2.24, 2.45) is 5.73 Å². The van der Waals surface area contributed by atoms with Crippen molar-refractivity contribution in [1.82, 2.24) is 10.6 Å². The van der Waals surface area contributed by atoms with Crippen LogP contribution in [0.25, 0.3) is 0 Å². The molecule has 0 aliphatic rings. The van der Waals surface area contributed by atoms with E-state index in [9.17, 15) is 19.2 Å². The normalized spacial score (nSPS) is 12.9. The van der Waals surface area contributed by atoms with Gasteiger partial charge in [-0.2, -0.15) is 11.8 Å². The van der Waals surface area contributed by atoms with Gasteiger partial charge in [-0.15, -0.1) is 11.6 Å². The number of rotatable bonds is 13. The summed E-state index contributed by atoms with van der Waals surface area (Å²) in [4.78, 5) is 44.9. The molecule has 0 spiro atoms. The van der Waals surface area contributed by atoms with E-state index in [1.54, 1.807) is 0 Å². The summed E-state index contributed by atoms with van der Waals surface area (Å²) >= 11 is 6.95. The van der Waals surface area contributed by atoms with E-state index in [2.05, 4.69) is 10.6 Å². The summed E-state index contributed by atoms with van der Waals surface area (Å²) in [5.41, 5.74) is 5.31. The van der Waals surface area contributed by atoms with Crippen LogP contribution in [0.15, 0.2) is 0 Å². The van der Waals surface area contributed by atoms with Gasteiger partial charge in [-0.1, -0.05) is 0 Å². The van der Waals surface area contributed by atoms with Crippen LogP contribution in [0.4, 0.5) is 0 Å². The molecular formula is C13H22ClN3O6S. The first kappa shape index (κ1) is 22.5. The molecule has 0 saturated carbocycles. The lowest BCUT2D eigenvalue weighted by atomic mass is 10.1. The zero-order valence-electron chi connectivity index (χ0n) is 13.0. The van der Waals surface area contributed by atoms with Crippen LogP contribution in [0.1, 0.15) is 19.3 Å². The molecule has 0 aromatic rings. The van der Waals surface area contributed by atoms with Gasteiger partial charge < -0.3 is 26.6 Å². The maximum absolute atomic E-state index is 11.9. The van der Waals surface area contributed by atoms with E-state index in [0.29, 0.717) is 11.6 Å². The Morgan fingerprint density at radius 1 is 1.21 bits per heavy atom. The van der Waals surface area contributed by atoms with Crippen LogP contribution in [0.2, 0.25) is 0 Å². The minimum absolute atomic E-state index is 0.0655. The second-order valence-corrected chi connectivity index (χ2v) is 6.36. The van der Waals surface area contributed by atoms with Gasteiger partial charge in [0.2, 0.25) is 11.8 Å². The van der Waals surface area contributed by atoms with E-state index >= 15 is 0 Å². The maximum atomic E-state index is 11.9. The third-order valence-corrected chi connectivity index (χ3v) is 4.19. The average molecular weight is 384 g/mol. The standard InChI is InChI=1S/C13H22ClN3O6S/c14-4-1-5-24-7-9(12(21)16-6-11(19)20)17-10(18)3-2-8(15)13(22)23/h8-9H,1-7,15H2,(H,16,21)(H,17,18)(H,19,20)(H,22,23). The number of amides is 2. The summed E-state index contributed by atoms with van der Waals surface area (Å²) in [6, 6.07) is -2.08. The number of alkyl halides is 1. The topological polar surface area (TPSA) is 159 Å². The lowest BCUT2D eigenvalue weighted by molar-refractivity contribution is -0.139. The largest absolute Gasteiger partial charge is 0.480 e. The Kier molecular flexibility index (Phi) is 12.0. The lowest BCUT2D eigenvalue weighted by Gasteiger charge is -2.18. The predicted octanol–water partition coefficient (Wildman–Crippen LogP) is -0.774. The van der Waals surface area contributed by atoms with Crippen molar-refractivity contribution in [2.45, 2.75) is 31.3 Å². The molecule has 0 saturated heterocycles. The molecule has 11 heteroatoms. The second kappa shape index (κ2) is 12.8. The highest BCUT2D eigenvalue weighted by Gasteiger charge is 2.22. The first-order chi connectivity index (χ1) is 11.3. The van der Waals surface area contributed by atoms with Gasteiger partial charge in [0.05, 0.1) is 0 Å². The highest BCUT2D eigenvalue weighted by atomic mass is 35.5. The van der Waals surface area contributed by atoms with E-state index in [1.165, 1.54) is 11.8 Å². The minimum Gasteiger partial charge on any atom is -0.480 e. The van der Waals surface area contributed by atoms with Gasteiger partial charge in [-0.05, 0) is 18.6 Å². The van der Waals surface area contributed by atoms with E-state index in [0.717, 1.165) is 6.42 Å². The van der Waals surface area contributed by atoms with Gasteiger partial charge in [0.15, 0.2) is 0 Å². The fraction of sp³-hybridized carbons (Fsp3) is 0.692. The summed E-state index contributed by atoms with van der Waals surface area (Å²) in [5, 5.41) is 21.9. The number of aliphatic carboxylic acids is 2. The van der Waals surface area contributed by atoms with Crippen LogP contribution in [0.3, 0.4) is 0 Å². The average Bonchev–Trinajstić information content (AvgIpc) is 2.52. The highest BCUT2D eigenvalue weighted by Crippen LogP contribution is 2.07. The van der Waals surface area contributed by atoms with E-state index in [1.807, 2.05) is 0 Å². The quantitative estimate of drug-likeness (QED) is 0.205. The van der Waals surface area contributed by atoms with E-state index < -0.39 is 42.4 Å². The fourth-order valence-electron chi connectivity index (χ4n) is 1.50. The summed E-state index contributed by atoms with van der Waals surface area (Å²) < 4.78 is 0. The molecule has 6 N–H and O–H groups in total. The van der Waals surface area contributed by atoms with Gasteiger partial charge >= 0.3 is 11.9 Å². The number of nitrogens with one attached hydrogen (secondary N) is 2. The van der Waals surface area contributed by atoms with Gasteiger partial charge in [0.25, 0.3) is 0 Å². The van der Waals surface area contributed by atoms with Crippen LogP contribution in [0, 0.1) is 0 Å². The smallest absolute Gasteiger partial charge is 0.322 e. The van der Waals surface area contributed by atoms with Crippen LogP contribution in [0.5, 0.6) is 0 Å². The summed E-state index contributed by atoms with van der Waals surface area (Å²) in [5.74, 6) is -2.15. The number of carbonyl (C=O) groups excluding carboxylic acids is 2. The molecule has 0 rings (SSSR count). The number of carbonyl (C=O) groups is 4. The number of carboxylic acids is 2. The molecule has 0 heterocycles. The molecule has 0 aliphatic carbocycles. The first-order valence-electron chi connectivity index (χ1n) is 7.18. The van der Waals surface area contributed by atoms with Crippen LogP contribution < -0.4 is 16.4 Å². The van der Waals surface area contributed by atoms with Gasteiger partial charge in [-0.25, -0.2) is 0 Å². The van der Waals surface area contributed by atoms with Crippen molar-refractivity contribution in [3.05, 3.63) is 0 Å². The zero-order valence-corrected chi connectivity index (χ0v) is 14.6. The number of hydrogen-bond donors (Lipinski definition) is 5. The molecule has 2 atom stereocenters. The van der Waals surface area contributed by atoms with Crippen LogP contribution in [-0.4, -0.2) is 70.0 Å². The van der Waals surface area contributed by atoms with Crippen molar-refractivity contribution >= 4 is 47.1 Å². The Morgan fingerprint density at radius 2 is 1.88 bits per heavy atom. The van der Waals surface area contributed by atoms with Gasteiger partial charge in [0, 0.05) is 18.1 Å². The monoisotopic (exact) mass is 383 g/mol. The summed E-state index contributed by atoms with van der Waals surface area (Å²) in [6.45, 7) is -0.554. The van der Waals surface area contributed by atoms with E-state index in [4.69, 9.17) is 27.5 Å². The molecule has 0 aromatic heterocycles. The molecule has 0 aliphatic heterocycles. The second-order valence-electron chi connectivity index (χ2n) is 4.83. The number of carboxylic acid groups (broad SMARTS) is 2. The Morgan fingerprint density at radius 3 is 2.42 bits per heavy atom. The Balaban J connectivity index is 4.49. The van der Waals surface area contributed by atoms with Crippen LogP contribution >= 0.6 is 23.4 Å². The molecule has 0 bridgehead atoms. The van der Waals surface area contributed by atoms with Crippen molar-refractivity contribution in [1.29, 1.82) is 0 Å². The lowest BCUT2D eigenvalue weighted by Crippen LogP contribution is -2.49. The molecule has 0 aromatic carbocycles. The predicted molar refractivity (Wildman–Crippen MR) is 90.1 cm³/mol. The summed E-state index contributed by atoms with van der Waals surface area (Å²) in [6.07, 6.45) is 0.518. The van der Waals surface area contributed by atoms with Crippen molar-refractivity contribution in [3.63, 3.8) is 0 Å². The van der Waals surface area contributed by atoms with Gasteiger partial charge in [0.1, 0.15) is 18.6 Å². The number of nitrogens with two attached hydrogens (primary N) is 1. The zero-order chi connectivity index (χ0) is 18.5. The number of halogens is 1. The summed E-state index contributed by atoms with van der Waals surface area (Å²) in [7, 11) is 0. The van der Waals surface area contributed by atoms with Crippen molar-refractivity contribution < 1.29 is 29.4 Å². The Hall–Kier alpha value is -1.52. The molecule has 2 unspecified atom stereocenters. The Bertz CT molecular complexity index is 451. The molecule has 24 heavy (non-hydrogen) atoms. The van der Waals surface area contributed by atoms with Crippen molar-refractivity contribution in [2.75, 3.05) is 23.9 Å².